The van der Waals surface area contributed by atoms with E-state index in [4.69, 9.17) is 4.42 Å². The van der Waals surface area contributed by atoms with Crippen molar-refractivity contribution < 1.29 is 22.0 Å². The van der Waals surface area contributed by atoms with Crippen molar-refractivity contribution >= 4 is 0 Å². The van der Waals surface area contributed by atoms with Crippen LogP contribution >= 0.6 is 0 Å². The van der Waals surface area contributed by atoms with Gasteiger partial charge in [0.25, 0.3) is 0 Å². The van der Waals surface area contributed by atoms with Crippen LogP contribution < -0.4 is 5.76 Å². The lowest BCUT2D eigenvalue weighted by molar-refractivity contribution is -0.188. The molecule has 0 spiro atoms. The molecule has 24 heavy (non-hydrogen) atoms. The molecule has 0 bridgehead atoms. The van der Waals surface area contributed by atoms with Crippen molar-refractivity contribution in [3.8, 4) is 11.5 Å². The predicted octanol–water partition coefficient (Wildman–Crippen LogP) is 2.87. The summed E-state index contributed by atoms with van der Waals surface area (Å²) < 4.78 is 57.4. The van der Waals surface area contributed by atoms with Gasteiger partial charge >= 0.3 is 11.9 Å². The molecule has 3 rings (SSSR count). The van der Waals surface area contributed by atoms with Crippen LogP contribution in [0.3, 0.4) is 0 Å². The molecule has 1 aliphatic heterocycles. The van der Waals surface area contributed by atoms with Gasteiger partial charge in [0.05, 0.1) is 5.92 Å². The van der Waals surface area contributed by atoms with E-state index in [0.29, 0.717) is 18.5 Å². The molecule has 0 unspecified atom stereocenters. The lowest BCUT2D eigenvalue weighted by atomic mass is 9.98. The third kappa shape index (κ3) is 3.66. The summed E-state index contributed by atoms with van der Waals surface area (Å²) in [6, 6.07) is 5.22. The predicted molar refractivity (Wildman–Crippen MR) is 76.5 cm³/mol. The molecule has 1 aromatic carbocycles. The van der Waals surface area contributed by atoms with Gasteiger partial charge in [-0.15, -0.1) is 5.10 Å². The lowest BCUT2D eigenvalue weighted by Crippen LogP contribution is -2.43. The maximum Gasteiger partial charge on any atom is 0.438 e. The van der Waals surface area contributed by atoms with Gasteiger partial charge in [0.2, 0.25) is 5.89 Å². The monoisotopic (exact) mass is 345 g/mol. The average Bonchev–Trinajstić information content (AvgIpc) is 2.88. The topological polar surface area (TPSA) is 51.3 Å². The third-order valence-electron chi connectivity index (χ3n) is 4.00. The molecule has 1 atom stereocenters. The number of piperidine rings is 1. The van der Waals surface area contributed by atoms with Gasteiger partial charge in [-0.3, -0.25) is 4.90 Å². The van der Waals surface area contributed by atoms with Crippen molar-refractivity contribution in [1.82, 2.24) is 14.7 Å². The molecule has 0 N–H and O–H groups in total. The fourth-order valence-electron chi connectivity index (χ4n) is 2.75. The quantitative estimate of drug-likeness (QED) is 0.803. The normalized spacial score (nSPS) is 19.6. The van der Waals surface area contributed by atoms with Crippen molar-refractivity contribution in [2.75, 3.05) is 13.1 Å². The summed E-state index contributed by atoms with van der Waals surface area (Å²) >= 11 is 0. The molecule has 0 radical (unpaired) electrons. The lowest BCUT2D eigenvalue weighted by Gasteiger charge is -2.33. The summed E-state index contributed by atoms with van der Waals surface area (Å²) in [5.74, 6) is -2.59. The van der Waals surface area contributed by atoms with Crippen LogP contribution in [0.1, 0.15) is 12.8 Å². The van der Waals surface area contributed by atoms with Gasteiger partial charge in [0, 0.05) is 12.1 Å². The SMILES string of the molecule is O=c1oc(-c2ccc(F)cc2)nn1CN1CCC[C@@H](C(F)(F)F)C1. The molecule has 2 heterocycles. The van der Waals surface area contributed by atoms with Crippen LogP contribution in [-0.2, 0) is 6.67 Å². The number of aromatic nitrogens is 2. The van der Waals surface area contributed by atoms with E-state index in [1.807, 2.05) is 0 Å². The van der Waals surface area contributed by atoms with Gasteiger partial charge in [0.1, 0.15) is 12.5 Å². The van der Waals surface area contributed by atoms with Crippen LogP contribution in [-0.4, -0.2) is 33.9 Å². The van der Waals surface area contributed by atoms with Gasteiger partial charge in [0.15, 0.2) is 0 Å². The van der Waals surface area contributed by atoms with Gasteiger partial charge in [-0.05, 0) is 43.7 Å². The zero-order valence-electron chi connectivity index (χ0n) is 12.6. The number of hydrogen-bond acceptors (Lipinski definition) is 4. The first-order chi connectivity index (χ1) is 11.3. The Morgan fingerprint density at radius 3 is 2.62 bits per heavy atom. The molecule has 130 valence electrons. The highest BCUT2D eigenvalue weighted by atomic mass is 19.4. The maximum atomic E-state index is 12.9. The minimum absolute atomic E-state index is 0.00406. The van der Waals surface area contributed by atoms with E-state index in [1.54, 1.807) is 0 Å². The van der Waals surface area contributed by atoms with E-state index in [0.717, 1.165) is 4.68 Å². The number of rotatable bonds is 3. The summed E-state index contributed by atoms with van der Waals surface area (Å²) in [5.41, 5.74) is 0.416. The minimum Gasteiger partial charge on any atom is -0.388 e. The number of likely N-dealkylation sites (tertiary alicyclic amines) is 1. The van der Waals surface area contributed by atoms with Crippen LogP contribution in [0.4, 0.5) is 17.6 Å². The Balaban J connectivity index is 1.74. The molecule has 1 saturated heterocycles. The van der Waals surface area contributed by atoms with E-state index < -0.39 is 23.7 Å². The number of hydrogen-bond donors (Lipinski definition) is 0. The zero-order chi connectivity index (χ0) is 17.3. The summed E-state index contributed by atoms with van der Waals surface area (Å²) in [7, 11) is 0. The van der Waals surface area contributed by atoms with E-state index >= 15 is 0 Å². The fourth-order valence-corrected chi connectivity index (χ4v) is 2.75. The van der Waals surface area contributed by atoms with Crippen LogP contribution in [0.5, 0.6) is 0 Å². The van der Waals surface area contributed by atoms with Gasteiger partial charge in [-0.2, -0.15) is 17.9 Å². The van der Waals surface area contributed by atoms with Crippen molar-refractivity contribution in [3.05, 3.63) is 40.6 Å². The molecule has 1 aliphatic rings. The second-order valence-corrected chi connectivity index (χ2v) is 5.78. The largest absolute Gasteiger partial charge is 0.438 e. The van der Waals surface area contributed by atoms with Crippen LogP contribution in [0.15, 0.2) is 33.5 Å². The van der Waals surface area contributed by atoms with Gasteiger partial charge in [-0.1, -0.05) is 0 Å². The molecule has 2 aromatic rings. The van der Waals surface area contributed by atoms with E-state index in [9.17, 15) is 22.4 Å². The number of benzene rings is 1. The highest BCUT2D eigenvalue weighted by Crippen LogP contribution is 2.33. The molecule has 0 aliphatic carbocycles. The van der Waals surface area contributed by atoms with Crippen molar-refractivity contribution in [2.45, 2.75) is 25.7 Å². The van der Waals surface area contributed by atoms with Gasteiger partial charge < -0.3 is 4.42 Å². The van der Waals surface area contributed by atoms with Crippen LogP contribution in [0.25, 0.3) is 11.5 Å². The van der Waals surface area contributed by atoms with Crippen LogP contribution in [0, 0.1) is 11.7 Å². The molecular formula is C15H15F4N3O2. The number of halogens is 4. The Bertz CT molecular complexity index is 751. The van der Waals surface area contributed by atoms with Gasteiger partial charge in [-0.25, -0.2) is 9.18 Å². The van der Waals surface area contributed by atoms with Crippen molar-refractivity contribution in [1.29, 1.82) is 0 Å². The molecule has 9 heteroatoms. The fraction of sp³-hybridized carbons (Fsp3) is 0.467. The highest BCUT2D eigenvalue weighted by molar-refractivity contribution is 5.51. The smallest absolute Gasteiger partial charge is 0.388 e. The first kappa shape index (κ1) is 16.7. The Kier molecular flexibility index (Phi) is 4.44. The molecule has 5 nitrogen and oxygen atoms in total. The van der Waals surface area contributed by atoms with Crippen LogP contribution in [0.2, 0.25) is 0 Å². The Labute approximate surface area is 134 Å². The second kappa shape index (κ2) is 6.39. The second-order valence-electron chi connectivity index (χ2n) is 5.78. The molecule has 1 aromatic heterocycles. The van der Waals surface area contributed by atoms with E-state index in [1.165, 1.54) is 29.2 Å². The Morgan fingerprint density at radius 2 is 1.96 bits per heavy atom. The summed E-state index contributed by atoms with van der Waals surface area (Å²) in [6.07, 6.45) is -3.75. The van der Waals surface area contributed by atoms with Crippen molar-refractivity contribution in [3.63, 3.8) is 0 Å². The molecule has 0 amide bonds. The first-order valence-corrected chi connectivity index (χ1v) is 7.46. The Hall–Kier alpha value is -2.16. The van der Waals surface area contributed by atoms with Crippen molar-refractivity contribution in [2.24, 2.45) is 5.92 Å². The number of alkyl halides is 3. The van der Waals surface area contributed by atoms with E-state index in [-0.39, 0.29) is 25.5 Å². The Morgan fingerprint density at radius 1 is 1.25 bits per heavy atom. The molecular weight excluding hydrogens is 330 g/mol. The minimum atomic E-state index is -4.24. The maximum absolute atomic E-state index is 12.9. The summed E-state index contributed by atoms with van der Waals surface area (Å²) in [5, 5.41) is 3.98. The third-order valence-corrected chi connectivity index (χ3v) is 4.00. The zero-order valence-corrected chi connectivity index (χ0v) is 12.6. The van der Waals surface area contributed by atoms with E-state index in [2.05, 4.69) is 5.10 Å². The highest BCUT2D eigenvalue weighted by Gasteiger charge is 2.41. The standard InChI is InChI=1S/C15H15F4N3O2/c16-12-5-3-10(4-6-12)13-20-22(14(23)24-13)9-21-7-1-2-11(8-21)15(17,18)19/h3-6,11H,1-2,7-9H2/t11-/m1/s1. The molecule has 0 saturated carbocycles. The number of nitrogens with zero attached hydrogens (tertiary/aromatic N) is 3. The summed E-state index contributed by atoms with van der Waals surface area (Å²) in [4.78, 5) is 13.4. The first-order valence-electron chi connectivity index (χ1n) is 7.46. The average molecular weight is 345 g/mol. The summed E-state index contributed by atoms with van der Waals surface area (Å²) in [6.45, 7) is 0.211. The molecule has 1 fully saturated rings.